The van der Waals surface area contributed by atoms with Gasteiger partial charge in [0.25, 0.3) is 11.8 Å². The monoisotopic (exact) mass is 461 g/mol. The van der Waals surface area contributed by atoms with Crippen molar-refractivity contribution in [3.8, 4) is 11.3 Å². The lowest BCUT2D eigenvalue weighted by molar-refractivity contribution is -0.123. The Morgan fingerprint density at radius 1 is 1.06 bits per heavy atom. The highest BCUT2D eigenvalue weighted by Gasteiger charge is 2.22. The third-order valence-corrected chi connectivity index (χ3v) is 5.44. The lowest BCUT2D eigenvalue weighted by atomic mass is 9.98. The van der Waals surface area contributed by atoms with Gasteiger partial charge < -0.3 is 9.30 Å². The Bertz CT molecular complexity index is 1390. The van der Waals surface area contributed by atoms with Gasteiger partial charge in [0.15, 0.2) is 6.61 Å². The predicted molar refractivity (Wildman–Crippen MR) is 125 cm³/mol. The SMILES string of the molecule is Cc1c(-c2cccc(Cl)c2)nc2ccccc2c1C(=O)OCC(=O)NC(=O)c1cccn1C. The summed E-state index contributed by atoms with van der Waals surface area (Å²) in [5, 5.41) is 3.37. The number of aromatic nitrogens is 2. The lowest BCUT2D eigenvalue weighted by Gasteiger charge is -2.14. The van der Waals surface area contributed by atoms with Gasteiger partial charge in [0.1, 0.15) is 5.69 Å². The number of amides is 2. The highest BCUT2D eigenvalue weighted by Crippen LogP contribution is 2.31. The van der Waals surface area contributed by atoms with Crippen LogP contribution in [-0.2, 0) is 16.6 Å². The van der Waals surface area contributed by atoms with Gasteiger partial charge in [-0.1, -0.05) is 41.9 Å². The minimum atomic E-state index is -0.722. The molecule has 7 nitrogen and oxygen atoms in total. The molecule has 33 heavy (non-hydrogen) atoms. The minimum Gasteiger partial charge on any atom is -0.452 e. The summed E-state index contributed by atoms with van der Waals surface area (Å²) in [5.41, 5.74) is 3.17. The van der Waals surface area contributed by atoms with Crippen LogP contribution in [0.15, 0.2) is 66.9 Å². The number of aryl methyl sites for hydroxylation is 1. The van der Waals surface area contributed by atoms with Crippen molar-refractivity contribution in [3.63, 3.8) is 0 Å². The number of imide groups is 1. The Morgan fingerprint density at radius 3 is 2.58 bits per heavy atom. The van der Waals surface area contributed by atoms with E-state index in [9.17, 15) is 14.4 Å². The van der Waals surface area contributed by atoms with E-state index in [0.717, 1.165) is 5.56 Å². The van der Waals surface area contributed by atoms with Gasteiger partial charge in [-0.2, -0.15) is 0 Å². The molecule has 0 aliphatic carbocycles. The maximum Gasteiger partial charge on any atom is 0.339 e. The molecule has 0 aliphatic heterocycles. The van der Waals surface area contributed by atoms with Gasteiger partial charge in [0.2, 0.25) is 0 Å². The molecule has 2 aromatic carbocycles. The molecule has 4 aromatic rings. The third kappa shape index (κ3) is 4.63. The molecule has 8 heteroatoms. The number of hydrogen-bond acceptors (Lipinski definition) is 5. The molecule has 0 saturated heterocycles. The summed E-state index contributed by atoms with van der Waals surface area (Å²) in [6, 6.07) is 17.6. The van der Waals surface area contributed by atoms with Crippen LogP contribution in [0.3, 0.4) is 0 Å². The molecule has 0 radical (unpaired) electrons. The number of nitrogens with zero attached hydrogens (tertiary/aromatic N) is 2. The second kappa shape index (κ2) is 9.26. The van der Waals surface area contributed by atoms with Crippen LogP contribution in [-0.4, -0.2) is 33.9 Å². The number of halogens is 1. The molecule has 0 saturated carbocycles. The number of rotatable bonds is 5. The Labute approximate surface area is 195 Å². The maximum atomic E-state index is 13.1. The van der Waals surface area contributed by atoms with Crippen LogP contribution in [0, 0.1) is 6.92 Å². The zero-order valence-corrected chi connectivity index (χ0v) is 18.7. The van der Waals surface area contributed by atoms with Crippen molar-refractivity contribution in [2.24, 2.45) is 7.05 Å². The standard InChI is InChI=1S/C25H20ClN3O4/c1-15-22(25(32)33-14-21(30)28-24(31)20-11-6-12-29(20)2)18-9-3-4-10-19(18)27-23(15)16-7-5-8-17(26)13-16/h3-13H,14H2,1-2H3,(H,28,30,31). The fraction of sp³-hybridized carbons (Fsp3) is 0.120. The number of ether oxygens (including phenoxy) is 1. The van der Waals surface area contributed by atoms with Crippen molar-refractivity contribution in [3.05, 3.63) is 88.7 Å². The lowest BCUT2D eigenvalue weighted by Crippen LogP contribution is -2.35. The zero-order chi connectivity index (χ0) is 23.5. The van der Waals surface area contributed by atoms with E-state index < -0.39 is 24.4 Å². The molecule has 166 valence electrons. The molecule has 0 unspecified atom stereocenters. The van der Waals surface area contributed by atoms with E-state index in [1.54, 1.807) is 73.3 Å². The first-order valence-electron chi connectivity index (χ1n) is 10.1. The molecule has 2 amide bonds. The first-order valence-corrected chi connectivity index (χ1v) is 10.5. The molecular weight excluding hydrogens is 442 g/mol. The van der Waals surface area contributed by atoms with E-state index in [2.05, 4.69) is 5.32 Å². The summed E-state index contributed by atoms with van der Waals surface area (Å²) in [6.45, 7) is 1.17. The first kappa shape index (κ1) is 22.2. The predicted octanol–water partition coefficient (Wildman–Crippen LogP) is 4.32. The van der Waals surface area contributed by atoms with Crippen molar-refractivity contribution in [2.75, 3.05) is 6.61 Å². The van der Waals surface area contributed by atoms with E-state index in [1.807, 2.05) is 12.1 Å². The summed E-state index contributed by atoms with van der Waals surface area (Å²) in [6.07, 6.45) is 1.69. The topological polar surface area (TPSA) is 90.3 Å². The van der Waals surface area contributed by atoms with Crippen molar-refractivity contribution in [1.29, 1.82) is 0 Å². The highest BCUT2D eigenvalue weighted by molar-refractivity contribution is 6.30. The molecule has 2 heterocycles. The average Bonchev–Trinajstić information content (AvgIpc) is 3.23. The quantitative estimate of drug-likeness (QED) is 0.447. The van der Waals surface area contributed by atoms with Crippen LogP contribution in [0.1, 0.15) is 26.4 Å². The van der Waals surface area contributed by atoms with Crippen LogP contribution in [0.25, 0.3) is 22.2 Å². The van der Waals surface area contributed by atoms with Gasteiger partial charge in [0.05, 0.1) is 16.8 Å². The second-order valence-electron chi connectivity index (χ2n) is 7.45. The Balaban J connectivity index is 1.60. The van der Waals surface area contributed by atoms with Gasteiger partial charge in [0, 0.05) is 29.2 Å². The fourth-order valence-electron chi connectivity index (χ4n) is 3.61. The molecule has 0 bridgehead atoms. The number of fused-ring (bicyclic) bond motifs is 1. The Hall–Kier alpha value is -3.97. The van der Waals surface area contributed by atoms with E-state index in [0.29, 0.717) is 38.4 Å². The van der Waals surface area contributed by atoms with Crippen molar-refractivity contribution < 1.29 is 19.1 Å². The fourth-order valence-corrected chi connectivity index (χ4v) is 3.80. The van der Waals surface area contributed by atoms with Crippen molar-refractivity contribution in [1.82, 2.24) is 14.9 Å². The number of hydrogen-bond donors (Lipinski definition) is 1. The summed E-state index contributed by atoms with van der Waals surface area (Å²) in [4.78, 5) is 42.2. The third-order valence-electron chi connectivity index (χ3n) is 5.20. The Kier molecular flexibility index (Phi) is 6.24. The van der Waals surface area contributed by atoms with Crippen LogP contribution in [0.4, 0.5) is 0 Å². The summed E-state index contributed by atoms with van der Waals surface area (Å²) in [7, 11) is 1.69. The average molecular weight is 462 g/mol. The number of carbonyl (C=O) groups excluding carboxylic acids is 3. The summed E-state index contributed by atoms with van der Waals surface area (Å²) >= 11 is 6.15. The van der Waals surface area contributed by atoms with Crippen molar-refractivity contribution in [2.45, 2.75) is 6.92 Å². The summed E-state index contributed by atoms with van der Waals surface area (Å²) < 4.78 is 6.86. The van der Waals surface area contributed by atoms with Gasteiger partial charge >= 0.3 is 5.97 Å². The number of pyridine rings is 1. The molecule has 0 aliphatic rings. The second-order valence-corrected chi connectivity index (χ2v) is 7.88. The molecule has 0 atom stereocenters. The smallest absolute Gasteiger partial charge is 0.339 e. The van der Waals surface area contributed by atoms with Crippen LogP contribution >= 0.6 is 11.6 Å². The van der Waals surface area contributed by atoms with Gasteiger partial charge in [-0.15, -0.1) is 0 Å². The molecule has 2 aromatic heterocycles. The van der Waals surface area contributed by atoms with E-state index >= 15 is 0 Å². The molecule has 1 N–H and O–H groups in total. The van der Waals surface area contributed by atoms with Crippen LogP contribution < -0.4 is 5.32 Å². The van der Waals surface area contributed by atoms with Gasteiger partial charge in [-0.25, -0.2) is 9.78 Å². The van der Waals surface area contributed by atoms with E-state index in [1.165, 1.54) is 0 Å². The van der Waals surface area contributed by atoms with Crippen LogP contribution in [0.5, 0.6) is 0 Å². The van der Waals surface area contributed by atoms with E-state index in [4.69, 9.17) is 21.3 Å². The van der Waals surface area contributed by atoms with Crippen molar-refractivity contribution >= 4 is 40.3 Å². The summed E-state index contributed by atoms with van der Waals surface area (Å²) in [5.74, 6) is -1.98. The zero-order valence-electron chi connectivity index (χ0n) is 18.0. The van der Waals surface area contributed by atoms with Crippen LogP contribution in [0.2, 0.25) is 5.02 Å². The Morgan fingerprint density at radius 2 is 1.85 bits per heavy atom. The highest BCUT2D eigenvalue weighted by atomic mass is 35.5. The number of benzene rings is 2. The van der Waals surface area contributed by atoms with E-state index in [-0.39, 0.29) is 0 Å². The number of para-hydroxylation sites is 1. The van der Waals surface area contributed by atoms with Gasteiger partial charge in [-0.05, 0) is 42.8 Å². The number of nitrogens with one attached hydrogen (secondary N) is 1. The molecule has 0 spiro atoms. The molecule has 4 rings (SSSR count). The normalized spacial score (nSPS) is 10.8. The molecular formula is C25H20ClN3O4. The molecule has 0 fully saturated rings. The minimum absolute atomic E-state index is 0.303. The largest absolute Gasteiger partial charge is 0.452 e. The first-order chi connectivity index (χ1) is 15.8. The van der Waals surface area contributed by atoms with Gasteiger partial charge in [-0.3, -0.25) is 14.9 Å². The number of esters is 1. The number of carbonyl (C=O) groups is 3. The maximum absolute atomic E-state index is 13.1.